The Balaban J connectivity index is 1.20. The number of H-pyrrole nitrogens is 1. The van der Waals surface area contributed by atoms with Crippen LogP contribution in [0.1, 0.15) is 43.0 Å². The number of imidazole rings is 1. The Hall–Kier alpha value is -5.57. The number of nitrogens with one attached hydrogen (secondary N) is 1. The fraction of sp³-hybridized carbons (Fsp3) is 0.119. The van der Waals surface area contributed by atoms with Gasteiger partial charge in [-0.3, -0.25) is 0 Å². The Morgan fingerprint density at radius 3 is 2.30 bits per heavy atom. The molecule has 8 heteroatoms. The highest BCUT2D eigenvalue weighted by Crippen LogP contribution is 2.48. The van der Waals surface area contributed by atoms with Crippen molar-refractivity contribution in [3.8, 4) is 33.1 Å². The molecule has 2 N–H and O–H groups in total. The third-order valence-corrected chi connectivity index (χ3v) is 10.5. The number of aliphatic hydroxyl groups is 1. The van der Waals surface area contributed by atoms with Gasteiger partial charge in [0.15, 0.2) is 11.2 Å². The maximum absolute atomic E-state index is 10.6. The number of aromatic amines is 1. The monoisotopic (exact) mass is 691 g/mol. The van der Waals surface area contributed by atoms with E-state index in [9.17, 15) is 5.11 Å². The average molecular weight is 692 g/mol. The zero-order chi connectivity index (χ0) is 34.2. The molecule has 0 radical (unpaired) electrons. The van der Waals surface area contributed by atoms with Crippen LogP contribution >= 0.6 is 23.6 Å². The molecule has 246 valence electrons. The van der Waals surface area contributed by atoms with E-state index in [2.05, 4.69) is 59.6 Å². The summed E-state index contributed by atoms with van der Waals surface area (Å²) in [4.78, 5) is 14.0. The molecule has 2 atom stereocenters. The van der Waals surface area contributed by atoms with Crippen LogP contribution < -0.4 is 9.47 Å². The topological polar surface area (TPSA) is 80.3 Å². The van der Waals surface area contributed by atoms with Gasteiger partial charge >= 0.3 is 0 Å². The molecule has 0 saturated carbocycles. The van der Waals surface area contributed by atoms with E-state index in [4.69, 9.17) is 31.7 Å². The molecule has 8 aromatic rings. The molecule has 5 aromatic carbocycles. The summed E-state index contributed by atoms with van der Waals surface area (Å²) in [7, 11) is 0. The normalized spacial score (nSPS) is 12.7. The predicted molar refractivity (Wildman–Crippen MR) is 208 cm³/mol. The standard InChI is InChI=1S/C42H33N3O3S2/c1-25(42(46)49)32-21-22-36(47-24-30-18-15-27-9-3-5-11-33(27)43-30)40(38-23-29-10-4-8-14-37(29)50-38)39(32)28-16-19-31(20-17-28)48-26(2)41-44-34-12-6-7-13-35(34)45-41/h3-23,25-26H,24H2,1-2H3,(H,44,45)(H,46,49). The van der Waals surface area contributed by atoms with Crippen molar-refractivity contribution in [1.29, 1.82) is 0 Å². The van der Waals surface area contributed by atoms with Crippen LogP contribution in [-0.4, -0.2) is 25.1 Å². The molecule has 0 aliphatic rings. The van der Waals surface area contributed by atoms with Gasteiger partial charge < -0.3 is 19.6 Å². The molecule has 0 amide bonds. The summed E-state index contributed by atoms with van der Waals surface area (Å²) in [5, 5.41) is 12.8. The van der Waals surface area contributed by atoms with Gasteiger partial charge in [0.2, 0.25) is 0 Å². The molecule has 3 aromatic heterocycles. The molecule has 0 aliphatic carbocycles. The highest BCUT2D eigenvalue weighted by molar-refractivity contribution is 7.80. The number of hydrogen-bond donors (Lipinski definition) is 2. The van der Waals surface area contributed by atoms with Gasteiger partial charge in [-0.2, -0.15) is 0 Å². The van der Waals surface area contributed by atoms with Gasteiger partial charge in [-0.05, 0) is 95.8 Å². The van der Waals surface area contributed by atoms with Crippen molar-refractivity contribution in [3.05, 3.63) is 144 Å². The number of aliphatic hydroxyl groups excluding tert-OH is 1. The lowest BCUT2D eigenvalue weighted by molar-refractivity contribution is 0.218. The Morgan fingerprint density at radius 1 is 0.780 bits per heavy atom. The summed E-state index contributed by atoms with van der Waals surface area (Å²) in [5.74, 6) is 1.81. The van der Waals surface area contributed by atoms with Gasteiger partial charge in [0.1, 0.15) is 23.9 Å². The number of fused-ring (bicyclic) bond motifs is 3. The number of nitrogens with zero attached hydrogens (tertiary/aromatic N) is 2. The van der Waals surface area contributed by atoms with Crippen LogP contribution in [0, 0.1) is 0 Å². The van der Waals surface area contributed by atoms with E-state index in [1.807, 2.05) is 86.6 Å². The van der Waals surface area contributed by atoms with Gasteiger partial charge in [0.25, 0.3) is 0 Å². The number of thiophene rings is 1. The third kappa shape index (κ3) is 6.19. The predicted octanol–water partition coefficient (Wildman–Crippen LogP) is 11.4. The number of pyridine rings is 1. The largest absolute Gasteiger partial charge is 0.502 e. The van der Waals surface area contributed by atoms with Crippen LogP contribution in [0.5, 0.6) is 11.5 Å². The highest BCUT2D eigenvalue weighted by Gasteiger charge is 2.25. The van der Waals surface area contributed by atoms with Gasteiger partial charge in [0, 0.05) is 26.4 Å². The van der Waals surface area contributed by atoms with Crippen LogP contribution in [-0.2, 0) is 6.61 Å². The smallest absolute Gasteiger partial charge is 0.163 e. The van der Waals surface area contributed by atoms with Crippen molar-refractivity contribution in [2.75, 3.05) is 0 Å². The maximum atomic E-state index is 10.6. The summed E-state index contributed by atoms with van der Waals surface area (Å²) >= 11 is 7.05. The molecule has 0 aliphatic heterocycles. The number of benzene rings is 5. The number of ether oxygens (including phenoxy) is 2. The molecule has 0 bridgehead atoms. The van der Waals surface area contributed by atoms with E-state index in [1.54, 1.807) is 11.3 Å². The minimum absolute atomic E-state index is 0.0674. The summed E-state index contributed by atoms with van der Waals surface area (Å²) < 4.78 is 14.2. The van der Waals surface area contributed by atoms with Crippen molar-refractivity contribution >= 4 is 60.6 Å². The fourth-order valence-electron chi connectivity index (χ4n) is 6.34. The molecule has 6 nitrogen and oxygen atoms in total. The summed E-state index contributed by atoms with van der Waals surface area (Å²) in [5.41, 5.74) is 7.39. The summed E-state index contributed by atoms with van der Waals surface area (Å²) in [6, 6.07) is 42.7. The lowest BCUT2D eigenvalue weighted by atomic mass is 9.87. The van der Waals surface area contributed by atoms with Crippen molar-refractivity contribution in [2.45, 2.75) is 32.5 Å². The maximum Gasteiger partial charge on any atom is 0.163 e. The zero-order valence-corrected chi connectivity index (χ0v) is 29.1. The molecule has 8 rings (SSSR count). The SMILES string of the molecule is CC(Oc1ccc(-c2c(C(C)C(O)=S)ccc(OCc3ccc4ccccc4n3)c2-c2cc3ccccc3s2)cc1)c1nc2ccccc2[nH]1. The van der Waals surface area contributed by atoms with Crippen LogP contribution in [0.4, 0.5) is 0 Å². The van der Waals surface area contributed by atoms with Crippen LogP contribution in [0.15, 0.2) is 127 Å². The molecular formula is C42H33N3O3S2. The second-order valence-electron chi connectivity index (χ2n) is 12.3. The van der Waals surface area contributed by atoms with Crippen molar-refractivity contribution in [3.63, 3.8) is 0 Å². The van der Waals surface area contributed by atoms with E-state index in [1.165, 1.54) is 4.70 Å². The van der Waals surface area contributed by atoms with Gasteiger partial charge in [-0.1, -0.05) is 79.7 Å². The molecule has 50 heavy (non-hydrogen) atoms. The number of rotatable bonds is 10. The van der Waals surface area contributed by atoms with Crippen LogP contribution in [0.25, 0.3) is 53.6 Å². The van der Waals surface area contributed by atoms with Gasteiger partial charge in [0.05, 0.1) is 22.2 Å². The first kappa shape index (κ1) is 31.7. The van der Waals surface area contributed by atoms with E-state index in [0.717, 1.165) is 71.7 Å². The number of para-hydroxylation sites is 3. The van der Waals surface area contributed by atoms with E-state index < -0.39 is 5.92 Å². The van der Waals surface area contributed by atoms with E-state index in [-0.39, 0.29) is 11.2 Å². The number of aromatic nitrogens is 3. The molecular weight excluding hydrogens is 659 g/mol. The second-order valence-corrected chi connectivity index (χ2v) is 13.8. The molecule has 3 heterocycles. The minimum Gasteiger partial charge on any atom is -0.502 e. The second kappa shape index (κ2) is 13.4. The molecule has 2 unspecified atom stereocenters. The third-order valence-electron chi connectivity index (χ3n) is 8.99. The van der Waals surface area contributed by atoms with E-state index >= 15 is 0 Å². The summed E-state index contributed by atoms with van der Waals surface area (Å²) in [6.07, 6.45) is -0.287. The first-order chi connectivity index (χ1) is 24.4. The quantitative estimate of drug-likeness (QED) is 0.139. The minimum atomic E-state index is -0.395. The van der Waals surface area contributed by atoms with E-state index in [0.29, 0.717) is 12.4 Å². The van der Waals surface area contributed by atoms with Crippen molar-refractivity contribution in [1.82, 2.24) is 15.0 Å². The lowest BCUT2D eigenvalue weighted by Gasteiger charge is -2.22. The van der Waals surface area contributed by atoms with Gasteiger partial charge in [-0.25, -0.2) is 9.97 Å². The lowest BCUT2D eigenvalue weighted by Crippen LogP contribution is -2.09. The van der Waals surface area contributed by atoms with Gasteiger partial charge in [-0.15, -0.1) is 11.3 Å². The summed E-state index contributed by atoms with van der Waals surface area (Å²) in [6.45, 7) is 4.21. The first-order valence-corrected chi connectivity index (χ1v) is 17.7. The number of thiocarbonyl (C=S) groups is 1. The Kier molecular flexibility index (Phi) is 8.48. The zero-order valence-electron chi connectivity index (χ0n) is 27.5. The van der Waals surface area contributed by atoms with Crippen molar-refractivity contribution in [2.24, 2.45) is 0 Å². The Bertz CT molecular complexity index is 2440. The fourth-order valence-corrected chi connectivity index (χ4v) is 7.59. The Labute approximate surface area is 299 Å². The first-order valence-electron chi connectivity index (χ1n) is 16.5. The molecule has 0 saturated heterocycles. The van der Waals surface area contributed by atoms with Crippen LogP contribution in [0.3, 0.4) is 0 Å². The highest BCUT2D eigenvalue weighted by atomic mass is 32.1. The molecule has 0 spiro atoms. The number of hydrogen-bond acceptors (Lipinski definition) is 6. The Morgan fingerprint density at radius 2 is 1.52 bits per heavy atom. The average Bonchev–Trinajstić information content (AvgIpc) is 3.78. The molecule has 0 fully saturated rings. The van der Waals surface area contributed by atoms with Crippen molar-refractivity contribution < 1.29 is 14.6 Å². The van der Waals surface area contributed by atoms with Crippen LogP contribution in [0.2, 0.25) is 0 Å².